The lowest BCUT2D eigenvalue weighted by molar-refractivity contribution is 0.531. The van der Waals surface area contributed by atoms with Gasteiger partial charge in [-0.2, -0.15) is 4.98 Å². The Hall–Kier alpha value is -1.60. The lowest BCUT2D eigenvalue weighted by atomic mass is 10.2. The molecule has 0 saturated carbocycles. The summed E-state index contributed by atoms with van der Waals surface area (Å²) in [6, 6.07) is 8.30. The summed E-state index contributed by atoms with van der Waals surface area (Å²) in [7, 11) is -3.24. The SMILES string of the molecule is CC(C)S(=O)(=O)NCC1CCCN1c1nc2ccccc2o1. The highest BCUT2D eigenvalue weighted by molar-refractivity contribution is 7.90. The monoisotopic (exact) mass is 323 g/mol. The maximum atomic E-state index is 11.9. The van der Waals surface area contributed by atoms with Crippen molar-refractivity contribution >= 4 is 27.1 Å². The van der Waals surface area contributed by atoms with Crippen LogP contribution >= 0.6 is 0 Å². The number of nitrogens with one attached hydrogen (secondary N) is 1. The van der Waals surface area contributed by atoms with Crippen LogP contribution in [0.15, 0.2) is 28.7 Å². The third-order valence-corrected chi connectivity index (χ3v) is 5.86. The van der Waals surface area contributed by atoms with Crippen molar-refractivity contribution in [3.05, 3.63) is 24.3 Å². The average molecular weight is 323 g/mol. The average Bonchev–Trinajstić information content (AvgIpc) is 3.10. The molecule has 0 aliphatic carbocycles. The first-order chi connectivity index (χ1) is 10.5. The zero-order valence-electron chi connectivity index (χ0n) is 12.8. The fraction of sp³-hybridized carbons (Fsp3) is 0.533. The molecular weight excluding hydrogens is 302 g/mol. The fourth-order valence-corrected chi connectivity index (χ4v) is 3.42. The van der Waals surface area contributed by atoms with Gasteiger partial charge in [0.05, 0.1) is 5.25 Å². The molecule has 1 N–H and O–H groups in total. The van der Waals surface area contributed by atoms with Crippen LogP contribution in [0.2, 0.25) is 0 Å². The number of nitrogens with zero attached hydrogens (tertiary/aromatic N) is 2. The third kappa shape index (κ3) is 2.96. The molecular formula is C15H21N3O3S. The van der Waals surface area contributed by atoms with Crippen molar-refractivity contribution in [1.82, 2.24) is 9.71 Å². The van der Waals surface area contributed by atoms with E-state index in [4.69, 9.17) is 4.42 Å². The van der Waals surface area contributed by atoms with Gasteiger partial charge < -0.3 is 9.32 Å². The number of rotatable bonds is 5. The number of para-hydroxylation sites is 2. The molecule has 0 spiro atoms. The molecule has 7 heteroatoms. The summed E-state index contributed by atoms with van der Waals surface area (Å²) in [5, 5.41) is -0.424. The number of benzene rings is 1. The Bertz CT molecular complexity index is 721. The predicted octanol–water partition coefficient (Wildman–Crippen LogP) is 2.12. The topological polar surface area (TPSA) is 75.4 Å². The summed E-state index contributed by atoms with van der Waals surface area (Å²) in [5.41, 5.74) is 1.58. The van der Waals surface area contributed by atoms with E-state index in [1.807, 2.05) is 24.3 Å². The molecule has 6 nitrogen and oxygen atoms in total. The van der Waals surface area contributed by atoms with Crippen LogP contribution in [0.25, 0.3) is 11.1 Å². The molecule has 0 amide bonds. The highest BCUT2D eigenvalue weighted by Crippen LogP contribution is 2.28. The fourth-order valence-electron chi connectivity index (χ4n) is 2.66. The summed E-state index contributed by atoms with van der Waals surface area (Å²) >= 11 is 0. The van der Waals surface area contributed by atoms with E-state index in [2.05, 4.69) is 14.6 Å². The summed E-state index contributed by atoms with van der Waals surface area (Å²) in [4.78, 5) is 6.56. The van der Waals surface area contributed by atoms with E-state index in [1.165, 1.54) is 0 Å². The summed E-state index contributed by atoms with van der Waals surface area (Å²) in [6.45, 7) is 4.57. The Morgan fingerprint density at radius 1 is 1.41 bits per heavy atom. The number of hydrogen-bond acceptors (Lipinski definition) is 5. The smallest absolute Gasteiger partial charge is 0.298 e. The molecule has 0 radical (unpaired) electrons. The Balaban J connectivity index is 1.75. The van der Waals surface area contributed by atoms with Gasteiger partial charge in [-0.3, -0.25) is 0 Å². The van der Waals surface area contributed by atoms with Crippen molar-refractivity contribution in [1.29, 1.82) is 0 Å². The second kappa shape index (κ2) is 5.89. The van der Waals surface area contributed by atoms with Crippen LogP contribution in [0.1, 0.15) is 26.7 Å². The zero-order chi connectivity index (χ0) is 15.7. The van der Waals surface area contributed by atoms with Crippen molar-refractivity contribution in [3.63, 3.8) is 0 Å². The molecule has 22 heavy (non-hydrogen) atoms. The Labute approximate surface area is 130 Å². The first-order valence-electron chi connectivity index (χ1n) is 7.58. The van der Waals surface area contributed by atoms with E-state index >= 15 is 0 Å². The van der Waals surface area contributed by atoms with Gasteiger partial charge in [-0.05, 0) is 38.8 Å². The van der Waals surface area contributed by atoms with E-state index in [-0.39, 0.29) is 6.04 Å². The Kier molecular flexibility index (Phi) is 4.10. The first kappa shape index (κ1) is 15.3. The van der Waals surface area contributed by atoms with Gasteiger partial charge in [0.1, 0.15) is 5.52 Å². The number of oxazole rings is 1. The standard InChI is InChI=1S/C15H21N3O3S/c1-11(2)22(19,20)16-10-12-6-5-9-18(12)15-17-13-7-3-4-8-14(13)21-15/h3-4,7-8,11-12,16H,5-6,9-10H2,1-2H3. The van der Waals surface area contributed by atoms with Crippen molar-refractivity contribution in [2.45, 2.75) is 38.0 Å². The second-order valence-corrected chi connectivity index (χ2v) is 8.22. The minimum atomic E-state index is -3.24. The Morgan fingerprint density at radius 2 is 2.18 bits per heavy atom. The van der Waals surface area contributed by atoms with Gasteiger partial charge in [0.25, 0.3) is 6.01 Å². The van der Waals surface area contributed by atoms with Gasteiger partial charge in [-0.15, -0.1) is 0 Å². The molecule has 1 fully saturated rings. The number of hydrogen-bond donors (Lipinski definition) is 1. The van der Waals surface area contributed by atoms with Gasteiger partial charge in [0, 0.05) is 19.1 Å². The number of anilines is 1. The minimum Gasteiger partial charge on any atom is -0.423 e. The quantitative estimate of drug-likeness (QED) is 0.912. The predicted molar refractivity (Wildman–Crippen MR) is 86.4 cm³/mol. The van der Waals surface area contributed by atoms with Crippen molar-refractivity contribution < 1.29 is 12.8 Å². The Morgan fingerprint density at radius 3 is 2.91 bits per heavy atom. The van der Waals surface area contributed by atoms with Gasteiger partial charge in [-0.1, -0.05) is 12.1 Å². The maximum Gasteiger partial charge on any atom is 0.298 e. The van der Waals surface area contributed by atoms with Crippen LogP contribution < -0.4 is 9.62 Å². The summed E-state index contributed by atoms with van der Waals surface area (Å²) < 4.78 is 32.3. The van der Waals surface area contributed by atoms with Crippen LogP contribution in [0, 0.1) is 0 Å². The highest BCUT2D eigenvalue weighted by Gasteiger charge is 2.29. The van der Waals surface area contributed by atoms with E-state index in [1.54, 1.807) is 13.8 Å². The molecule has 1 aromatic carbocycles. The molecule has 2 heterocycles. The molecule has 1 saturated heterocycles. The van der Waals surface area contributed by atoms with Crippen molar-refractivity contribution in [3.8, 4) is 0 Å². The molecule has 1 aliphatic rings. The van der Waals surface area contributed by atoms with Gasteiger partial charge in [-0.25, -0.2) is 13.1 Å². The number of sulfonamides is 1. The summed E-state index contributed by atoms with van der Waals surface area (Å²) in [5.74, 6) is 0. The maximum absolute atomic E-state index is 11.9. The van der Waals surface area contributed by atoms with E-state index in [9.17, 15) is 8.42 Å². The lowest BCUT2D eigenvalue weighted by Crippen LogP contribution is -2.42. The van der Waals surface area contributed by atoms with Crippen LogP contribution in [0.3, 0.4) is 0 Å². The molecule has 1 unspecified atom stereocenters. The van der Waals surface area contributed by atoms with E-state index in [0.717, 1.165) is 30.5 Å². The summed E-state index contributed by atoms with van der Waals surface area (Å²) in [6.07, 6.45) is 1.94. The molecule has 1 aromatic heterocycles. The molecule has 3 rings (SSSR count). The van der Waals surface area contributed by atoms with Gasteiger partial charge >= 0.3 is 0 Å². The molecule has 1 aliphatic heterocycles. The number of aromatic nitrogens is 1. The van der Waals surface area contributed by atoms with E-state index < -0.39 is 15.3 Å². The third-order valence-electron chi connectivity index (χ3n) is 4.05. The molecule has 2 aromatic rings. The van der Waals surface area contributed by atoms with Gasteiger partial charge in [0.2, 0.25) is 10.0 Å². The van der Waals surface area contributed by atoms with Crippen LogP contribution in [-0.4, -0.2) is 37.8 Å². The lowest BCUT2D eigenvalue weighted by Gasteiger charge is -2.23. The van der Waals surface area contributed by atoms with Crippen LogP contribution in [0.4, 0.5) is 6.01 Å². The normalized spacial score (nSPS) is 19.4. The molecule has 0 bridgehead atoms. The zero-order valence-corrected chi connectivity index (χ0v) is 13.6. The molecule has 1 atom stereocenters. The first-order valence-corrected chi connectivity index (χ1v) is 9.13. The van der Waals surface area contributed by atoms with Crippen molar-refractivity contribution in [2.75, 3.05) is 18.0 Å². The largest absolute Gasteiger partial charge is 0.423 e. The second-order valence-electron chi connectivity index (χ2n) is 5.90. The van der Waals surface area contributed by atoms with Crippen LogP contribution in [0.5, 0.6) is 0 Å². The van der Waals surface area contributed by atoms with Crippen molar-refractivity contribution in [2.24, 2.45) is 0 Å². The van der Waals surface area contributed by atoms with Crippen LogP contribution in [-0.2, 0) is 10.0 Å². The van der Waals surface area contributed by atoms with E-state index in [0.29, 0.717) is 12.6 Å². The molecule has 120 valence electrons. The number of fused-ring (bicyclic) bond motifs is 1. The van der Waals surface area contributed by atoms with Gasteiger partial charge in [0.15, 0.2) is 5.58 Å². The minimum absolute atomic E-state index is 0.0848. The highest BCUT2D eigenvalue weighted by atomic mass is 32.2.